The fourth-order valence-electron chi connectivity index (χ4n) is 7.47. The molecule has 3 N–H and O–H groups in total. The van der Waals surface area contributed by atoms with Crippen molar-refractivity contribution in [3.8, 4) is 0 Å². The van der Waals surface area contributed by atoms with Crippen LogP contribution in [0.3, 0.4) is 0 Å². The summed E-state index contributed by atoms with van der Waals surface area (Å²) in [5.74, 6) is 3.58. The maximum absolute atomic E-state index is 10.1. The molecule has 4 heteroatoms. The smallest absolute Gasteiger partial charge is 0.0916 e. The first-order valence-electron chi connectivity index (χ1n) is 10.8. The summed E-state index contributed by atoms with van der Waals surface area (Å²) >= 11 is 5.14. The van der Waals surface area contributed by atoms with E-state index in [-0.39, 0.29) is 18.5 Å². The van der Waals surface area contributed by atoms with E-state index in [0.717, 1.165) is 42.4 Å². The first kappa shape index (κ1) is 21.0. The number of quaternary nitrogens is 1. The van der Waals surface area contributed by atoms with Gasteiger partial charge in [-0.05, 0) is 74.5 Å². The summed E-state index contributed by atoms with van der Waals surface area (Å²) in [4.78, 5) is 0. The summed E-state index contributed by atoms with van der Waals surface area (Å²) in [7, 11) is 0. The highest BCUT2D eigenvalue weighted by atomic mass is 35.5. The molecule has 3 unspecified atom stereocenters. The molecule has 0 heterocycles. The van der Waals surface area contributed by atoms with Crippen molar-refractivity contribution < 1.29 is 10.4 Å². The fourth-order valence-corrected chi connectivity index (χ4v) is 7.64. The van der Waals surface area contributed by atoms with Crippen LogP contribution < -0.4 is 5.32 Å². The Balaban J connectivity index is 0.00000196. The number of halogens is 1. The van der Waals surface area contributed by atoms with Gasteiger partial charge in [-0.25, -0.2) is 0 Å². The third-order valence-corrected chi connectivity index (χ3v) is 9.24. The molecule has 2 nitrogen and oxygen atoms in total. The molecule has 150 valence electrons. The van der Waals surface area contributed by atoms with Crippen molar-refractivity contribution in [1.29, 1.82) is 0 Å². The van der Waals surface area contributed by atoms with E-state index in [4.69, 9.17) is 12.6 Å². The van der Waals surface area contributed by atoms with Crippen molar-refractivity contribution in [3.63, 3.8) is 0 Å². The van der Waals surface area contributed by atoms with Crippen LogP contribution in [0.15, 0.2) is 11.6 Å². The zero-order chi connectivity index (χ0) is 17.7. The van der Waals surface area contributed by atoms with E-state index in [0.29, 0.717) is 10.8 Å². The predicted octanol–water partition coefficient (Wildman–Crippen LogP) is 3.60. The van der Waals surface area contributed by atoms with Crippen LogP contribution in [0.1, 0.15) is 71.6 Å². The quantitative estimate of drug-likeness (QED) is 0.430. The lowest BCUT2D eigenvalue weighted by molar-refractivity contribution is -0.701. The van der Waals surface area contributed by atoms with Crippen molar-refractivity contribution in [1.82, 2.24) is 0 Å². The molecule has 4 aliphatic carbocycles. The number of aliphatic hydroxyl groups excluding tert-OH is 1. The normalized spacial score (nSPS) is 47.2. The number of fused-ring (bicyclic) bond motifs is 5. The van der Waals surface area contributed by atoms with Gasteiger partial charge in [0.15, 0.2) is 0 Å². The van der Waals surface area contributed by atoms with Crippen LogP contribution >= 0.6 is 12.4 Å². The standard InChI is InChI=1S/C22H37NOS.ClH/c1-21-10-8-16(24)14-15(21)4-5-17-18-6-7-20(23-12-3-13-25)22(18,2)11-9-19(17)21;/h4,16-20,23-25H,3,5-14H2,1-2H3;1H/t16-,17?,18?,19?,20-,21-,22-;/m0./s1. The molecule has 3 fully saturated rings. The van der Waals surface area contributed by atoms with Gasteiger partial charge in [0.25, 0.3) is 0 Å². The summed E-state index contributed by atoms with van der Waals surface area (Å²) < 4.78 is 0. The molecular formula is C22H38ClNOS. The number of aliphatic hydroxyl groups is 1. The van der Waals surface area contributed by atoms with Crippen molar-refractivity contribution in [2.24, 2.45) is 28.6 Å². The van der Waals surface area contributed by atoms with E-state index >= 15 is 0 Å². The molecule has 4 rings (SSSR count). The highest BCUT2D eigenvalue weighted by molar-refractivity contribution is 7.58. The number of hydrogen-bond acceptors (Lipinski definition) is 2. The molecule has 26 heavy (non-hydrogen) atoms. The summed E-state index contributed by atoms with van der Waals surface area (Å²) in [5.41, 5.74) is 2.52. The largest absolute Gasteiger partial charge is 0.792 e. The van der Waals surface area contributed by atoms with E-state index in [9.17, 15) is 5.11 Å². The van der Waals surface area contributed by atoms with Gasteiger partial charge in [-0.15, -0.1) is 12.4 Å². The molecule has 0 amide bonds. The Kier molecular flexibility index (Phi) is 6.44. The Bertz CT molecular complexity index is 540. The van der Waals surface area contributed by atoms with Gasteiger partial charge in [0.05, 0.1) is 18.7 Å². The lowest BCUT2D eigenvalue weighted by Gasteiger charge is -2.57. The van der Waals surface area contributed by atoms with Gasteiger partial charge < -0.3 is 23.1 Å². The lowest BCUT2D eigenvalue weighted by atomic mass is 9.48. The minimum atomic E-state index is -0.0837. The molecule has 0 aliphatic heterocycles. The van der Waals surface area contributed by atoms with Crippen LogP contribution in [0.4, 0.5) is 0 Å². The van der Waals surface area contributed by atoms with Crippen molar-refractivity contribution >= 4 is 25.0 Å². The Morgan fingerprint density at radius 1 is 1.15 bits per heavy atom. The van der Waals surface area contributed by atoms with E-state index in [1.165, 1.54) is 51.5 Å². The monoisotopic (exact) mass is 399 g/mol. The van der Waals surface area contributed by atoms with Gasteiger partial charge in [0.1, 0.15) is 0 Å². The molecule has 0 aromatic rings. The molecule has 0 aromatic heterocycles. The molecule has 0 saturated heterocycles. The lowest BCUT2D eigenvalue weighted by Crippen LogP contribution is -2.92. The van der Waals surface area contributed by atoms with Crippen molar-refractivity contribution in [2.75, 3.05) is 12.3 Å². The average Bonchev–Trinajstić information content (AvgIpc) is 2.92. The van der Waals surface area contributed by atoms with Gasteiger partial charge in [-0.3, -0.25) is 0 Å². The van der Waals surface area contributed by atoms with Gasteiger partial charge >= 0.3 is 0 Å². The number of hydrogen-bond donors (Lipinski definition) is 2. The second kappa shape index (κ2) is 7.97. The molecule has 0 aromatic carbocycles. The third kappa shape index (κ3) is 3.29. The van der Waals surface area contributed by atoms with Gasteiger partial charge in [-0.1, -0.05) is 25.5 Å². The molecule has 0 spiro atoms. The molecular weight excluding hydrogens is 362 g/mol. The first-order chi connectivity index (χ1) is 12.0. The molecule has 7 atom stereocenters. The summed E-state index contributed by atoms with van der Waals surface area (Å²) in [5, 5.41) is 12.8. The molecule has 0 bridgehead atoms. The maximum Gasteiger partial charge on any atom is 0.0916 e. The zero-order valence-corrected chi connectivity index (χ0v) is 18.2. The van der Waals surface area contributed by atoms with E-state index in [1.54, 1.807) is 5.57 Å². The van der Waals surface area contributed by atoms with Gasteiger partial charge in [-0.2, -0.15) is 5.75 Å². The summed E-state index contributed by atoms with van der Waals surface area (Å²) in [6.45, 7) is 6.37. The molecule has 4 aliphatic rings. The van der Waals surface area contributed by atoms with Crippen LogP contribution in [0, 0.1) is 28.6 Å². The minimum Gasteiger partial charge on any atom is -0.792 e. The van der Waals surface area contributed by atoms with E-state index in [2.05, 4.69) is 25.2 Å². The maximum atomic E-state index is 10.1. The SMILES string of the molecule is C[C@]12CC[C@H](O)CC1=CCC1C2CC[C@@]2(C)C1CC[C@@H]2[NH2+]CCC[S-].Cl. The fraction of sp³-hybridized carbons (Fsp3) is 0.909. The van der Waals surface area contributed by atoms with E-state index in [1.807, 2.05) is 0 Å². The van der Waals surface area contributed by atoms with Crippen molar-refractivity contribution in [2.45, 2.75) is 83.8 Å². The van der Waals surface area contributed by atoms with E-state index < -0.39 is 0 Å². The second-order valence-corrected chi connectivity index (χ2v) is 10.4. The average molecular weight is 400 g/mol. The number of allylic oxidation sites excluding steroid dienone is 1. The predicted molar refractivity (Wildman–Crippen MR) is 112 cm³/mol. The zero-order valence-electron chi connectivity index (χ0n) is 16.6. The van der Waals surface area contributed by atoms with Gasteiger partial charge in [0.2, 0.25) is 0 Å². The number of nitrogens with two attached hydrogens (primary N) is 1. The Labute approximate surface area is 171 Å². The van der Waals surface area contributed by atoms with Crippen molar-refractivity contribution in [3.05, 3.63) is 11.6 Å². The van der Waals surface area contributed by atoms with Crippen LogP contribution in [0.2, 0.25) is 0 Å². The minimum absolute atomic E-state index is 0. The summed E-state index contributed by atoms with van der Waals surface area (Å²) in [6.07, 6.45) is 13.8. The molecule has 3 saturated carbocycles. The Hall–Kier alpha value is 0.300. The first-order valence-corrected chi connectivity index (χ1v) is 11.4. The second-order valence-electron chi connectivity index (χ2n) is 9.97. The van der Waals surface area contributed by atoms with Crippen LogP contribution in [0.5, 0.6) is 0 Å². The number of rotatable bonds is 4. The summed E-state index contributed by atoms with van der Waals surface area (Å²) in [6, 6.07) is 0.825. The molecule has 0 radical (unpaired) electrons. The van der Waals surface area contributed by atoms with Crippen LogP contribution in [0.25, 0.3) is 0 Å². The Morgan fingerprint density at radius 3 is 2.73 bits per heavy atom. The third-order valence-electron chi connectivity index (χ3n) is 8.95. The highest BCUT2D eigenvalue weighted by Gasteiger charge is 2.59. The Morgan fingerprint density at radius 2 is 1.96 bits per heavy atom. The van der Waals surface area contributed by atoms with Gasteiger partial charge in [0, 0.05) is 11.8 Å². The van der Waals surface area contributed by atoms with Crippen LogP contribution in [-0.4, -0.2) is 29.5 Å². The topological polar surface area (TPSA) is 36.8 Å². The highest BCUT2D eigenvalue weighted by Crippen LogP contribution is 2.64. The van der Waals surface area contributed by atoms with Crippen LogP contribution in [-0.2, 0) is 12.6 Å².